The topological polar surface area (TPSA) is 85.0 Å². The van der Waals surface area contributed by atoms with E-state index in [2.05, 4.69) is 18.7 Å². The van der Waals surface area contributed by atoms with Crippen LogP contribution in [0, 0.1) is 11.8 Å². The zero-order chi connectivity index (χ0) is 18.8. The third-order valence-corrected chi connectivity index (χ3v) is 5.57. The number of aliphatic carboxylic acids is 1. The quantitative estimate of drug-likeness (QED) is 0.559. The van der Waals surface area contributed by atoms with Crippen molar-refractivity contribution >= 4 is 35.7 Å². The van der Waals surface area contributed by atoms with Gasteiger partial charge in [-0.3, -0.25) is 4.79 Å². The monoisotopic (exact) mass is 418 g/mol. The number of nitrogens with zero attached hydrogens (tertiary/aromatic N) is 1. The lowest BCUT2D eigenvalue weighted by atomic mass is 9.84. The fourth-order valence-corrected chi connectivity index (χ4v) is 4.21. The van der Waals surface area contributed by atoms with E-state index in [1.807, 2.05) is 0 Å². The Morgan fingerprint density at radius 1 is 1.41 bits per heavy atom. The summed E-state index contributed by atoms with van der Waals surface area (Å²) in [7, 11) is 0. The summed E-state index contributed by atoms with van der Waals surface area (Å²) in [4.78, 5) is 24.4. The summed E-state index contributed by atoms with van der Waals surface area (Å²) < 4.78 is 0. The van der Waals surface area contributed by atoms with Gasteiger partial charge in [0.15, 0.2) is 5.75 Å². The van der Waals surface area contributed by atoms with E-state index in [4.69, 9.17) is 27.1 Å². The minimum atomic E-state index is -0.940. The zero-order valence-electron chi connectivity index (χ0n) is 15.7. The summed E-state index contributed by atoms with van der Waals surface area (Å²) in [5.74, 6) is -0.288. The molecule has 27 heavy (non-hydrogen) atoms. The molecule has 0 bridgehead atoms. The van der Waals surface area contributed by atoms with Gasteiger partial charge in [0.25, 0.3) is 0 Å². The lowest BCUT2D eigenvalue weighted by Gasteiger charge is -2.34. The zero-order valence-corrected chi connectivity index (χ0v) is 17.3. The summed E-state index contributed by atoms with van der Waals surface area (Å²) in [5, 5.41) is 9.96. The van der Waals surface area contributed by atoms with Gasteiger partial charge in [0.2, 0.25) is 0 Å². The number of halogens is 2. The summed E-state index contributed by atoms with van der Waals surface area (Å²) in [6.07, 6.45) is 2.97. The summed E-state index contributed by atoms with van der Waals surface area (Å²) in [5.41, 5.74) is 7.77. The Balaban J connectivity index is 0.00000261. The Bertz CT molecular complexity index is 676. The number of benzene rings is 1. The maximum absolute atomic E-state index is 11.7. The van der Waals surface area contributed by atoms with E-state index in [9.17, 15) is 9.90 Å². The number of nitrogen functional groups attached to an aromatic ring is 1. The second kappa shape index (κ2) is 9.32. The number of carboxylic acids is 1. The highest BCUT2D eigenvalue weighted by Gasteiger charge is 2.35. The highest BCUT2D eigenvalue weighted by molar-refractivity contribution is 6.33. The molecule has 0 amide bonds. The lowest BCUT2D eigenvalue weighted by molar-refractivity contribution is -0.222. The van der Waals surface area contributed by atoms with E-state index in [0.29, 0.717) is 22.4 Å². The van der Waals surface area contributed by atoms with E-state index in [-0.39, 0.29) is 30.5 Å². The molecule has 0 saturated carbocycles. The average Bonchev–Trinajstić information content (AvgIpc) is 2.60. The molecule has 0 spiro atoms. The van der Waals surface area contributed by atoms with E-state index < -0.39 is 11.9 Å². The highest BCUT2D eigenvalue weighted by Crippen LogP contribution is 2.44. The predicted octanol–water partition coefficient (Wildman–Crippen LogP) is 3.75. The number of rotatable bonds is 5. The minimum Gasteiger partial charge on any atom is -0.481 e. The number of anilines is 1. The number of carboxylic acid groups (broad SMARTS) is 1. The molecular formula is C19H28Cl2N2O4. The van der Waals surface area contributed by atoms with E-state index >= 15 is 0 Å². The molecule has 1 fully saturated rings. The number of piperidine rings is 1. The van der Waals surface area contributed by atoms with Crippen LogP contribution in [0.5, 0.6) is 5.75 Å². The molecule has 1 saturated heterocycles. The molecule has 0 aromatic heterocycles. The Morgan fingerprint density at radius 2 is 2.07 bits per heavy atom. The van der Waals surface area contributed by atoms with Crippen molar-refractivity contribution in [3.05, 3.63) is 22.2 Å². The van der Waals surface area contributed by atoms with E-state index in [1.165, 1.54) is 0 Å². The second-order valence-corrected chi connectivity index (χ2v) is 8.18. The molecule has 8 heteroatoms. The first-order chi connectivity index (χ1) is 12.4. The SMILES string of the molecule is CC(C)CN1CCC(Cc2cc(Cl)c(N)c3c2C(C(=O)O)COO3)CC1.Cl. The fraction of sp³-hybridized carbons (Fsp3) is 0.632. The van der Waals surface area contributed by atoms with E-state index in [1.54, 1.807) is 6.07 Å². The van der Waals surface area contributed by atoms with Crippen molar-refractivity contribution in [2.24, 2.45) is 11.8 Å². The van der Waals surface area contributed by atoms with Crippen LogP contribution in [0.1, 0.15) is 43.7 Å². The van der Waals surface area contributed by atoms with Crippen molar-refractivity contribution in [2.45, 2.75) is 39.0 Å². The third-order valence-electron chi connectivity index (χ3n) is 5.26. The van der Waals surface area contributed by atoms with Gasteiger partial charge in [-0.2, -0.15) is 4.89 Å². The fourth-order valence-electron chi connectivity index (χ4n) is 3.99. The molecular weight excluding hydrogens is 391 g/mol. The highest BCUT2D eigenvalue weighted by atomic mass is 35.5. The van der Waals surface area contributed by atoms with Crippen molar-refractivity contribution < 1.29 is 19.7 Å². The molecule has 3 N–H and O–H groups in total. The Labute approximate surface area is 171 Å². The Morgan fingerprint density at radius 3 is 2.67 bits per heavy atom. The standard InChI is InChI=1S/C19H27ClN2O4.ClH/c1-11(2)9-22-5-3-12(4-6-22)7-13-8-15(20)17(21)18-16(13)14(19(23)24)10-25-26-18;/h8,11-12,14H,3-7,9-10,21H2,1-2H3,(H,23,24);1H. The van der Waals surface area contributed by atoms with Gasteiger partial charge < -0.3 is 20.6 Å². The van der Waals surface area contributed by atoms with Crippen LogP contribution in [0.2, 0.25) is 5.02 Å². The molecule has 152 valence electrons. The average molecular weight is 419 g/mol. The largest absolute Gasteiger partial charge is 0.481 e. The number of hydrogen-bond acceptors (Lipinski definition) is 5. The molecule has 2 aliphatic rings. The van der Waals surface area contributed by atoms with E-state index in [0.717, 1.165) is 44.5 Å². The first-order valence-electron chi connectivity index (χ1n) is 9.22. The van der Waals surface area contributed by atoms with Crippen molar-refractivity contribution in [1.82, 2.24) is 4.90 Å². The van der Waals surface area contributed by atoms with Crippen LogP contribution >= 0.6 is 24.0 Å². The van der Waals surface area contributed by atoms with Crippen LogP contribution in [0.25, 0.3) is 0 Å². The predicted molar refractivity (Wildman–Crippen MR) is 108 cm³/mol. The smallest absolute Gasteiger partial charge is 0.313 e. The van der Waals surface area contributed by atoms with Gasteiger partial charge in [0.1, 0.15) is 12.5 Å². The van der Waals surface area contributed by atoms with Crippen molar-refractivity contribution in [3.8, 4) is 5.75 Å². The van der Waals surface area contributed by atoms with Crippen LogP contribution in [-0.4, -0.2) is 42.2 Å². The first kappa shape index (κ1) is 22.1. The van der Waals surface area contributed by atoms with Gasteiger partial charge in [-0.05, 0) is 55.8 Å². The summed E-state index contributed by atoms with van der Waals surface area (Å²) >= 11 is 6.26. The molecule has 2 aliphatic heterocycles. The maximum atomic E-state index is 11.7. The molecule has 1 aromatic rings. The Kier molecular flexibility index (Phi) is 7.63. The van der Waals surface area contributed by atoms with Gasteiger partial charge in [-0.1, -0.05) is 25.4 Å². The van der Waals surface area contributed by atoms with Crippen LogP contribution in [0.3, 0.4) is 0 Å². The maximum Gasteiger partial charge on any atom is 0.313 e. The van der Waals surface area contributed by atoms with Gasteiger partial charge in [0.05, 0.1) is 10.7 Å². The number of fused-ring (bicyclic) bond motifs is 1. The van der Waals surface area contributed by atoms with Crippen molar-refractivity contribution in [3.63, 3.8) is 0 Å². The van der Waals surface area contributed by atoms with Crippen molar-refractivity contribution in [1.29, 1.82) is 0 Å². The van der Waals surface area contributed by atoms with Crippen LogP contribution < -0.4 is 10.6 Å². The molecule has 1 aromatic carbocycles. The van der Waals surface area contributed by atoms with Crippen LogP contribution in [-0.2, 0) is 16.1 Å². The third kappa shape index (κ3) is 4.99. The molecule has 0 aliphatic carbocycles. The summed E-state index contributed by atoms with van der Waals surface area (Å²) in [6, 6.07) is 1.81. The Hall–Kier alpha value is -1.21. The second-order valence-electron chi connectivity index (χ2n) is 7.77. The summed E-state index contributed by atoms with van der Waals surface area (Å²) in [6.45, 7) is 7.74. The molecule has 6 nitrogen and oxygen atoms in total. The molecule has 3 rings (SSSR count). The molecule has 1 atom stereocenters. The van der Waals surface area contributed by atoms with Gasteiger partial charge >= 0.3 is 5.97 Å². The number of carbonyl (C=O) groups is 1. The van der Waals surface area contributed by atoms with Crippen LogP contribution in [0.4, 0.5) is 5.69 Å². The number of nitrogens with two attached hydrogens (primary N) is 1. The number of likely N-dealkylation sites (tertiary alicyclic amines) is 1. The van der Waals surface area contributed by atoms with Gasteiger partial charge in [0, 0.05) is 12.1 Å². The molecule has 0 radical (unpaired) electrons. The van der Waals surface area contributed by atoms with Gasteiger partial charge in [-0.25, -0.2) is 0 Å². The molecule has 2 heterocycles. The first-order valence-corrected chi connectivity index (χ1v) is 9.60. The minimum absolute atomic E-state index is 0. The lowest BCUT2D eigenvalue weighted by Crippen LogP contribution is -2.36. The normalized spacial score (nSPS) is 20.7. The van der Waals surface area contributed by atoms with Gasteiger partial charge in [-0.15, -0.1) is 12.4 Å². The molecule has 1 unspecified atom stereocenters. The number of hydrogen-bond donors (Lipinski definition) is 2. The van der Waals surface area contributed by atoms with Crippen molar-refractivity contribution in [2.75, 3.05) is 32.0 Å². The van der Waals surface area contributed by atoms with Crippen LogP contribution in [0.15, 0.2) is 6.07 Å².